The van der Waals surface area contributed by atoms with Gasteiger partial charge >= 0.3 is 0 Å². The van der Waals surface area contributed by atoms with Crippen LogP contribution in [0, 0.1) is 0 Å². The van der Waals surface area contributed by atoms with Crippen LogP contribution in [0.5, 0.6) is 0 Å². The summed E-state index contributed by atoms with van der Waals surface area (Å²) in [6.45, 7) is 4.54. The van der Waals surface area contributed by atoms with E-state index in [1.165, 1.54) is 0 Å². The van der Waals surface area contributed by atoms with E-state index in [4.69, 9.17) is 17.3 Å². The number of rotatable bonds is 7. The lowest BCUT2D eigenvalue weighted by Gasteiger charge is -2.17. The number of imidazole rings is 1. The molecule has 0 radical (unpaired) electrons. The van der Waals surface area contributed by atoms with Gasteiger partial charge < -0.3 is 26.0 Å². The number of nitrogens with two attached hydrogens (primary N) is 1. The molecule has 8 nitrogen and oxygen atoms in total. The predicted molar refractivity (Wildman–Crippen MR) is 109 cm³/mol. The first kappa shape index (κ1) is 19.2. The van der Waals surface area contributed by atoms with Gasteiger partial charge in [0.25, 0.3) is 0 Å². The summed E-state index contributed by atoms with van der Waals surface area (Å²) >= 11 is 6.06. The number of nitrogen functional groups attached to an aromatic ring is 1. The molecule has 1 aromatic carbocycles. The molecule has 0 atom stereocenters. The maximum Gasteiger partial charge on any atom is 0.226 e. The van der Waals surface area contributed by atoms with Crippen molar-refractivity contribution in [1.29, 1.82) is 0 Å². The number of nitrogens with zero attached hydrogens (tertiary/aromatic N) is 4. The van der Waals surface area contributed by atoms with Gasteiger partial charge in [0.05, 0.1) is 11.9 Å². The van der Waals surface area contributed by atoms with E-state index in [-0.39, 0.29) is 0 Å². The van der Waals surface area contributed by atoms with Crippen LogP contribution in [0.1, 0.15) is 25.8 Å². The smallest absolute Gasteiger partial charge is 0.226 e. The van der Waals surface area contributed by atoms with Crippen molar-refractivity contribution in [3.8, 4) is 0 Å². The fraction of sp³-hybridized carbons (Fsp3) is 0.389. The molecule has 0 aliphatic rings. The second-order valence-electron chi connectivity index (χ2n) is 7.11. The second-order valence-corrected chi connectivity index (χ2v) is 7.55. The lowest BCUT2D eigenvalue weighted by atomic mass is 10.1. The molecule has 0 saturated carbocycles. The Hall–Kier alpha value is -2.58. The van der Waals surface area contributed by atoms with Crippen molar-refractivity contribution >= 4 is 40.2 Å². The topological polar surface area (TPSA) is 114 Å². The summed E-state index contributed by atoms with van der Waals surface area (Å²) in [5, 5.41) is 16.9. The Morgan fingerprint density at radius 2 is 2.04 bits per heavy atom. The van der Waals surface area contributed by atoms with Crippen LogP contribution in [-0.4, -0.2) is 36.8 Å². The number of hydrogen-bond acceptors (Lipinski definition) is 7. The highest BCUT2D eigenvalue weighted by molar-refractivity contribution is 6.30. The van der Waals surface area contributed by atoms with Gasteiger partial charge in [0, 0.05) is 30.8 Å². The Morgan fingerprint density at radius 3 is 2.78 bits per heavy atom. The van der Waals surface area contributed by atoms with E-state index in [1.54, 1.807) is 32.3 Å². The highest BCUT2D eigenvalue weighted by Gasteiger charge is 2.15. The van der Waals surface area contributed by atoms with Crippen LogP contribution in [0.3, 0.4) is 0 Å². The molecular formula is C18H24ClN7O. The summed E-state index contributed by atoms with van der Waals surface area (Å²) in [6.07, 6.45) is 2.26. The minimum absolute atomic E-state index is 0.457. The summed E-state index contributed by atoms with van der Waals surface area (Å²) < 4.78 is 1.83. The van der Waals surface area contributed by atoms with Crippen LogP contribution in [-0.2, 0) is 13.6 Å². The third kappa shape index (κ3) is 4.78. The van der Waals surface area contributed by atoms with E-state index in [1.807, 2.05) is 17.7 Å². The van der Waals surface area contributed by atoms with Crippen LogP contribution in [0.4, 0.5) is 17.5 Å². The third-order valence-electron chi connectivity index (χ3n) is 4.13. The standard InChI is InChI=1S/C18H24ClN7O/c1-18(2,27)6-7-21-17-24-15(14-16(25-17)26(3)10-23-14)22-9-11-8-12(19)4-5-13(11)20/h4-5,8,10,27H,6-7,9,20H2,1-3H3,(H2,21,22,24,25). The van der Waals surface area contributed by atoms with E-state index in [0.717, 1.165) is 5.56 Å². The first-order chi connectivity index (χ1) is 12.7. The van der Waals surface area contributed by atoms with Crippen molar-refractivity contribution in [2.24, 2.45) is 7.05 Å². The number of aliphatic hydroxyl groups is 1. The Balaban J connectivity index is 1.83. The lowest BCUT2D eigenvalue weighted by molar-refractivity contribution is 0.0748. The summed E-state index contributed by atoms with van der Waals surface area (Å²) in [6, 6.07) is 5.36. The van der Waals surface area contributed by atoms with Crippen LogP contribution in [0.25, 0.3) is 11.2 Å². The number of hydrogen-bond donors (Lipinski definition) is 4. The van der Waals surface area contributed by atoms with E-state index >= 15 is 0 Å². The Labute approximate surface area is 162 Å². The van der Waals surface area contributed by atoms with E-state index in [2.05, 4.69) is 25.6 Å². The molecule has 27 heavy (non-hydrogen) atoms. The van der Waals surface area contributed by atoms with Crippen molar-refractivity contribution in [1.82, 2.24) is 19.5 Å². The van der Waals surface area contributed by atoms with E-state index < -0.39 is 5.60 Å². The molecule has 9 heteroatoms. The molecule has 0 saturated heterocycles. The van der Waals surface area contributed by atoms with Crippen molar-refractivity contribution < 1.29 is 5.11 Å². The average Bonchev–Trinajstić information content (AvgIpc) is 2.96. The van der Waals surface area contributed by atoms with Crippen LogP contribution >= 0.6 is 11.6 Å². The van der Waals surface area contributed by atoms with E-state index in [0.29, 0.717) is 53.2 Å². The molecule has 144 valence electrons. The minimum atomic E-state index is -0.755. The van der Waals surface area contributed by atoms with Crippen molar-refractivity contribution in [2.45, 2.75) is 32.4 Å². The quantitative estimate of drug-likeness (QED) is 0.459. The predicted octanol–water partition coefficient (Wildman–Crippen LogP) is 2.78. The lowest BCUT2D eigenvalue weighted by Crippen LogP contribution is -2.23. The van der Waals surface area contributed by atoms with Crippen molar-refractivity contribution in [3.63, 3.8) is 0 Å². The Kier molecular flexibility index (Phi) is 5.38. The number of aryl methyl sites for hydroxylation is 1. The average molecular weight is 390 g/mol. The van der Waals surface area contributed by atoms with Gasteiger partial charge in [-0.25, -0.2) is 4.98 Å². The maximum atomic E-state index is 9.86. The van der Waals surface area contributed by atoms with Gasteiger partial charge in [-0.2, -0.15) is 9.97 Å². The SMILES string of the molecule is Cn1cnc2c(NCc3cc(Cl)ccc3N)nc(NCCC(C)(C)O)nc21. The molecule has 0 aliphatic heterocycles. The second kappa shape index (κ2) is 7.58. The molecular weight excluding hydrogens is 366 g/mol. The number of anilines is 3. The zero-order chi connectivity index (χ0) is 19.6. The van der Waals surface area contributed by atoms with Gasteiger partial charge in [-0.3, -0.25) is 0 Å². The Bertz CT molecular complexity index is 949. The molecule has 3 rings (SSSR count). The van der Waals surface area contributed by atoms with E-state index in [9.17, 15) is 5.11 Å². The molecule has 0 amide bonds. The maximum absolute atomic E-state index is 9.86. The van der Waals surface area contributed by atoms with Gasteiger partial charge in [0.1, 0.15) is 0 Å². The molecule has 0 unspecified atom stereocenters. The zero-order valence-electron chi connectivity index (χ0n) is 15.6. The van der Waals surface area contributed by atoms with Crippen molar-refractivity contribution in [2.75, 3.05) is 22.9 Å². The van der Waals surface area contributed by atoms with Crippen LogP contribution < -0.4 is 16.4 Å². The summed E-state index contributed by atoms with van der Waals surface area (Å²) in [5.41, 5.74) is 8.17. The molecule has 0 bridgehead atoms. The molecule has 2 heterocycles. The number of halogens is 1. The van der Waals surface area contributed by atoms with Crippen molar-refractivity contribution in [3.05, 3.63) is 35.1 Å². The number of aromatic nitrogens is 4. The number of benzene rings is 1. The molecule has 5 N–H and O–H groups in total. The van der Waals surface area contributed by atoms with Gasteiger partial charge in [-0.1, -0.05) is 11.6 Å². The largest absolute Gasteiger partial charge is 0.398 e. The fourth-order valence-electron chi connectivity index (χ4n) is 2.60. The highest BCUT2D eigenvalue weighted by atomic mass is 35.5. The number of fused-ring (bicyclic) bond motifs is 1. The molecule has 0 fully saturated rings. The monoisotopic (exact) mass is 389 g/mol. The highest BCUT2D eigenvalue weighted by Crippen LogP contribution is 2.23. The Morgan fingerprint density at radius 1 is 1.26 bits per heavy atom. The number of nitrogens with one attached hydrogen (secondary N) is 2. The molecule has 0 spiro atoms. The normalized spacial score (nSPS) is 11.7. The summed E-state index contributed by atoms with van der Waals surface area (Å²) in [7, 11) is 1.88. The molecule has 3 aromatic rings. The molecule has 0 aliphatic carbocycles. The van der Waals surface area contributed by atoms with Gasteiger partial charge in [0.2, 0.25) is 5.95 Å². The van der Waals surface area contributed by atoms with Crippen LogP contribution in [0.15, 0.2) is 24.5 Å². The molecule has 2 aromatic heterocycles. The first-order valence-electron chi connectivity index (χ1n) is 8.66. The van der Waals surface area contributed by atoms with Gasteiger partial charge in [-0.05, 0) is 44.0 Å². The third-order valence-corrected chi connectivity index (χ3v) is 4.37. The fourth-order valence-corrected chi connectivity index (χ4v) is 2.79. The van der Waals surface area contributed by atoms with Crippen LogP contribution in [0.2, 0.25) is 5.02 Å². The summed E-state index contributed by atoms with van der Waals surface area (Å²) in [4.78, 5) is 13.4. The van der Waals surface area contributed by atoms with Gasteiger partial charge in [0.15, 0.2) is 17.0 Å². The zero-order valence-corrected chi connectivity index (χ0v) is 16.4. The minimum Gasteiger partial charge on any atom is -0.398 e. The summed E-state index contributed by atoms with van der Waals surface area (Å²) in [5.74, 6) is 1.07. The first-order valence-corrected chi connectivity index (χ1v) is 9.04. The van der Waals surface area contributed by atoms with Gasteiger partial charge in [-0.15, -0.1) is 0 Å².